The van der Waals surface area contributed by atoms with Crippen LogP contribution in [0.5, 0.6) is 0 Å². The summed E-state index contributed by atoms with van der Waals surface area (Å²) >= 11 is 0. The van der Waals surface area contributed by atoms with Gasteiger partial charge in [-0.1, -0.05) is 0 Å². The highest BCUT2D eigenvalue weighted by molar-refractivity contribution is 5.74. The maximum absolute atomic E-state index is 14.6. The molecule has 3 heterocycles. The minimum absolute atomic E-state index is 0.00766. The van der Waals surface area contributed by atoms with E-state index < -0.39 is 5.82 Å². The minimum atomic E-state index is -0.421. The van der Waals surface area contributed by atoms with Crippen molar-refractivity contribution in [3.63, 3.8) is 0 Å². The zero-order chi connectivity index (χ0) is 19.0. The van der Waals surface area contributed by atoms with Crippen molar-refractivity contribution in [2.24, 2.45) is 7.05 Å². The number of aryl methyl sites for hydroxylation is 1. The predicted octanol–water partition coefficient (Wildman–Crippen LogP) is 2.43. The molecule has 0 bridgehead atoms. The largest absolute Gasteiger partial charge is 0.399 e. The number of nitrogen functional groups attached to an aromatic ring is 2. The molecule has 27 heavy (non-hydrogen) atoms. The van der Waals surface area contributed by atoms with Crippen molar-refractivity contribution < 1.29 is 9.13 Å². The molecule has 0 aliphatic carbocycles. The van der Waals surface area contributed by atoms with Crippen molar-refractivity contribution in [3.8, 4) is 11.3 Å². The summed E-state index contributed by atoms with van der Waals surface area (Å²) in [6.45, 7) is 1.12. The van der Waals surface area contributed by atoms with Gasteiger partial charge in [0.1, 0.15) is 11.6 Å². The molecular weight excluding hydrogens is 349 g/mol. The molecule has 0 spiro atoms. The number of nitrogens with two attached hydrogens (primary N) is 2. The van der Waals surface area contributed by atoms with E-state index in [0.717, 1.165) is 6.42 Å². The lowest BCUT2D eigenvalue weighted by Crippen LogP contribution is -2.11. The summed E-state index contributed by atoms with van der Waals surface area (Å²) in [5.74, 6) is 0.145. The van der Waals surface area contributed by atoms with Crippen LogP contribution in [0.15, 0.2) is 30.6 Å². The standard InChI is InChI=1S/C18H20FN7O/c1-26-8-12(7-22-26)23-18-24-16(13-6-11(20)2-3-14(13)19)15(17(21)25-18)10-4-5-27-9-10/h2-3,6-8,10H,4-5,9,20H2,1H3,(H3,21,23,24,25). The van der Waals surface area contributed by atoms with Crippen LogP contribution in [-0.2, 0) is 11.8 Å². The molecule has 2 aromatic heterocycles. The Balaban J connectivity index is 1.85. The fourth-order valence-electron chi connectivity index (χ4n) is 3.25. The second kappa shape index (κ2) is 6.84. The normalized spacial score (nSPS) is 16.6. The molecule has 1 saturated heterocycles. The zero-order valence-corrected chi connectivity index (χ0v) is 14.8. The summed E-state index contributed by atoms with van der Waals surface area (Å²) in [6.07, 6.45) is 4.19. The van der Waals surface area contributed by atoms with Gasteiger partial charge in [-0.2, -0.15) is 10.1 Å². The number of hydrogen-bond acceptors (Lipinski definition) is 7. The highest BCUT2D eigenvalue weighted by atomic mass is 19.1. The molecule has 8 nitrogen and oxygen atoms in total. The highest BCUT2D eigenvalue weighted by Crippen LogP contribution is 2.38. The van der Waals surface area contributed by atoms with Gasteiger partial charge < -0.3 is 21.5 Å². The summed E-state index contributed by atoms with van der Waals surface area (Å²) in [7, 11) is 1.80. The SMILES string of the molecule is Cn1cc(Nc2nc(N)c(C3CCOC3)c(-c3cc(N)ccc3F)n2)cn1. The third-order valence-electron chi connectivity index (χ3n) is 4.52. The van der Waals surface area contributed by atoms with Crippen LogP contribution in [0.25, 0.3) is 11.3 Å². The van der Waals surface area contributed by atoms with E-state index in [1.807, 2.05) is 0 Å². The van der Waals surface area contributed by atoms with Gasteiger partial charge in [0.15, 0.2) is 0 Å². The van der Waals surface area contributed by atoms with Crippen molar-refractivity contribution in [1.82, 2.24) is 19.7 Å². The molecule has 1 aromatic carbocycles. The maximum atomic E-state index is 14.6. The molecule has 0 radical (unpaired) electrons. The van der Waals surface area contributed by atoms with Crippen LogP contribution in [0.4, 0.5) is 27.5 Å². The Kier molecular flexibility index (Phi) is 4.36. The first kappa shape index (κ1) is 17.2. The monoisotopic (exact) mass is 369 g/mol. The molecule has 0 saturated carbocycles. The van der Waals surface area contributed by atoms with Crippen molar-refractivity contribution >= 4 is 23.1 Å². The Morgan fingerprint density at radius 3 is 2.85 bits per heavy atom. The lowest BCUT2D eigenvalue weighted by molar-refractivity contribution is 0.194. The summed E-state index contributed by atoms with van der Waals surface area (Å²) in [4.78, 5) is 8.93. The minimum Gasteiger partial charge on any atom is -0.399 e. The van der Waals surface area contributed by atoms with Crippen LogP contribution in [0.3, 0.4) is 0 Å². The van der Waals surface area contributed by atoms with Crippen LogP contribution in [0.2, 0.25) is 0 Å². The Morgan fingerprint density at radius 1 is 1.30 bits per heavy atom. The number of rotatable bonds is 4. The van der Waals surface area contributed by atoms with Crippen LogP contribution in [0, 0.1) is 5.82 Å². The summed E-state index contributed by atoms with van der Waals surface area (Å²) in [5, 5.41) is 7.15. The smallest absolute Gasteiger partial charge is 0.229 e. The van der Waals surface area contributed by atoms with Crippen LogP contribution < -0.4 is 16.8 Å². The predicted molar refractivity (Wildman–Crippen MR) is 101 cm³/mol. The first-order valence-corrected chi connectivity index (χ1v) is 8.57. The molecule has 1 aliphatic rings. The van der Waals surface area contributed by atoms with Gasteiger partial charge in [0.05, 0.1) is 24.2 Å². The molecule has 5 N–H and O–H groups in total. The van der Waals surface area contributed by atoms with Gasteiger partial charge in [0.25, 0.3) is 0 Å². The summed E-state index contributed by atoms with van der Waals surface area (Å²) < 4.78 is 21.7. The van der Waals surface area contributed by atoms with Crippen molar-refractivity contribution in [2.75, 3.05) is 30.0 Å². The second-order valence-corrected chi connectivity index (χ2v) is 6.52. The summed E-state index contributed by atoms with van der Waals surface area (Å²) in [6, 6.07) is 4.40. The Hall–Kier alpha value is -3.20. The van der Waals surface area contributed by atoms with E-state index in [1.165, 1.54) is 12.1 Å². The number of anilines is 4. The first-order chi connectivity index (χ1) is 13.0. The van der Waals surface area contributed by atoms with Crippen LogP contribution in [-0.4, -0.2) is 33.0 Å². The third-order valence-corrected chi connectivity index (χ3v) is 4.52. The second-order valence-electron chi connectivity index (χ2n) is 6.52. The van der Waals surface area contributed by atoms with E-state index in [1.54, 1.807) is 30.2 Å². The highest BCUT2D eigenvalue weighted by Gasteiger charge is 2.27. The molecule has 4 rings (SSSR count). The number of hydrogen-bond donors (Lipinski definition) is 3. The number of halogens is 1. The van der Waals surface area contributed by atoms with Crippen LogP contribution in [0.1, 0.15) is 17.9 Å². The van der Waals surface area contributed by atoms with E-state index in [0.29, 0.717) is 47.2 Å². The van der Waals surface area contributed by atoms with Crippen molar-refractivity contribution in [3.05, 3.63) is 42.0 Å². The van der Waals surface area contributed by atoms with Crippen molar-refractivity contribution in [1.29, 1.82) is 0 Å². The van der Waals surface area contributed by atoms with E-state index in [4.69, 9.17) is 16.2 Å². The van der Waals surface area contributed by atoms with Crippen LogP contribution >= 0.6 is 0 Å². The molecular formula is C18H20FN7O. The zero-order valence-electron chi connectivity index (χ0n) is 14.8. The first-order valence-electron chi connectivity index (χ1n) is 8.57. The lowest BCUT2D eigenvalue weighted by Gasteiger charge is -2.18. The van der Waals surface area contributed by atoms with Gasteiger partial charge in [-0.05, 0) is 24.6 Å². The number of ether oxygens (including phenoxy) is 1. The number of aromatic nitrogens is 4. The topological polar surface area (TPSA) is 117 Å². The van der Waals surface area contributed by atoms with Gasteiger partial charge in [-0.25, -0.2) is 9.37 Å². The van der Waals surface area contributed by atoms with E-state index >= 15 is 0 Å². The summed E-state index contributed by atoms with van der Waals surface area (Å²) in [5.41, 5.74) is 14.7. The fourth-order valence-corrected chi connectivity index (χ4v) is 3.25. The molecule has 3 aromatic rings. The molecule has 1 fully saturated rings. The van der Waals surface area contributed by atoms with E-state index in [2.05, 4.69) is 20.4 Å². The molecule has 1 atom stereocenters. The Bertz CT molecular complexity index is 982. The van der Waals surface area contributed by atoms with Gasteiger partial charge in [0, 0.05) is 42.6 Å². The average molecular weight is 369 g/mol. The molecule has 140 valence electrons. The average Bonchev–Trinajstić information content (AvgIpc) is 3.28. The van der Waals surface area contributed by atoms with Gasteiger partial charge in [-0.15, -0.1) is 0 Å². The number of nitrogens with zero attached hydrogens (tertiary/aromatic N) is 4. The number of benzene rings is 1. The van der Waals surface area contributed by atoms with Gasteiger partial charge in [0.2, 0.25) is 5.95 Å². The quantitative estimate of drug-likeness (QED) is 0.605. The lowest BCUT2D eigenvalue weighted by atomic mass is 9.93. The molecule has 9 heteroatoms. The Labute approximate surface area is 155 Å². The van der Waals surface area contributed by atoms with Crippen molar-refractivity contribution in [2.45, 2.75) is 12.3 Å². The van der Waals surface area contributed by atoms with E-state index in [-0.39, 0.29) is 11.9 Å². The molecule has 1 unspecified atom stereocenters. The van der Waals surface area contributed by atoms with Gasteiger partial charge in [-0.3, -0.25) is 4.68 Å². The number of nitrogens with one attached hydrogen (secondary N) is 1. The molecule has 1 aliphatic heterocycles. The maximum Gasteiger partial charge on any atom is 0.229 e. The third kappa shape index (κ3) is 3.41. The Morgan fingerprint density at radius 2 is 2.15 bits per heavy atom. The molecule has 0 amide bonds. The fraction of sp³-hybridized carbons (Fsp3) is 0.278. The van der Waals surface area contributed by atoms with E-state index in [9.17, 15) is 4.39 Å². The van der Waals surface area contributed by atoms with Gasteiger partial charge >= 0.3 is 0 Å².